The average molecular weight is 318 g/mol. The number of carbonyl (C=O) groups excluding carboxylic acids is 1. The molecule has 1 saturated heterocycles. The molecule has 1 aromatic rings. The first-order valence-electron chi connectivity index (χ1n) is 6.53. The van der Waals surface area contributed by atoms with Crippen LogP contribution in [0.15, 0.2) is 18.2 Å². The van der Waals surface area contributed by atoms with Gasteiger partial charge in [0.25, 0.3) is 11.6 Å². The molecule has 1 aromatic carbocycles. The summed E-state index contributed by atoms with van der Waals surface area (Å²) in [5, 5.41) is 20.5. The molecular formula is C13H13F3N2O4. The molecule has 1 aliphatic rings. The van der Waals surface area contributed by atoms with Crippen molar-refractivity contribution in [3.05, 3.63) is 39.4 Å². The summed E-state index contributed by atoms with van der Waals surface area (Å²) < 4.78 is 37.9. The number of likely N-dealkylation sites (tertiary alicyclic amines) is 1. The van der Waals surface area contributed by atoms with Crippen LogP contribution in [0.5, 0.6) is 0 Å². The topological polar surface area (TPSA) is 83.7 Å². The summed E-state index contributed by atoms with van der Waals surface area (Å²) >= 11 is 0. The van der Waals surface area contributed by atoms with E-state index in [9.17, 15) is 33.2 Å². The number of rotatable bonds is 2. The van der Waals surface area contributed by atoms with Crippen LogP contribution < -0.4 is 0 Å². The van der Waals surface area contributed by atoms with Crippen molar-refractivity contribution in [2.24, 2.45) is 0 Å². The molecule has 1 fully saturated rings. The number of hydrogen-bond donors (Lipinski definition) is 1. The van der Waals surface area contributed by atoms with Gasteiger partial charge < -0.3 is 10.0 Å². The molecule has 0 radical (unpaired) electrons. The number of nitrogens with zero attached hydrogens (tertiary/aromatic N) is 2. The summed E-state index contributed by atoms with van der Waals surface area (Å²) in [5.74, 6) is -0.751. The van der Waals surface area contributed by atoms with Crippen molar-refractivity contribution < 1.29 is 28.0 Å². The van der Waals surface area contributed by atoms with Crippen molar-refractivity contribution in [2.45, 2.75) is 25.1 Å². The van der Waals surface area contributed by atoms with E-state index in [0.717, 1.165) is 6.07 Å². The standard InChI is InChI=1S/C13H13F3N2O4/c14-13(15,16)8-3-4-10(11(6-8)18(21)22)12(20)17-5-1-2-9(19)7-17/h3-4,6,9,19H,1-2,5,7H2. The van der Waals surface area contributed by atoms with Crippen molar-refractivity contribution in [3.63, 3.8) is 0 Å². The van der Waals surface area contributed by atoms with Crippen LogP contribution in [0, 0.1) is 10.1 Å². The number of hydrogen-bond acceptors (Lipinski definition) is 4. The number of aliphatic hydroxyl groups is 1. The maximum atomic E-state index is 12.6. The van der Waals surface area contributed by atoms with Crippen LogP contribution in [0.25, 0.3) is 0 Å². The van der Waals surface area contributed by atoms with Gasteiger partial charge in [0.1, 0.15) is 5.56 Å². The Morgan fingerprint density at radius 2 is 2.09 bits per heavy atom. The molecular weight excluding hydrogens is 305 g/mol. The minimum Gasteiger partial charge on any atom is -0.391 e. The SMILES string of the molecule is O=C(c1ccc(C(F)(F)F)cc1[N+](=O)[O-])N1CCCC(O)C1. The molecule has 22 heavy (non-hydrogen) atoms. The summed E-state index contributed by atoms with van der Waals surface area (Å²) in [5.41, 5.74) is -2.48. The van der Waals surface area contributed by atoms with E-state index in [1.54, 1.807) is 0 Å². The minimum atomic E-state index is -4.73. The molecule has 1 atom stereocenters. The van der Waals surface area contributed by atoms with Crippen molar-refractivity contribution in [3.8, 4) is 0 Å². The molecule has 1 amide bonds. The van der Waals surface area contributed by atoms with Gasteiger partial charge in [0.05, 0.1) is 16.6 Å². The van der Waals surface area contributed by atoms with E-state index >= 15 is 0 Å². The molecule has 0 spiro atoms. The lowest BCUT2D eigenvalue weighted by molar-refractivity contribution is -0.385. The second kappa shape index (κ2) is 5.91. The van der Waals surface area contributed by atoms with Crippen LogP contribution in [-0.2, 0) is 6.18 Å². The Bertz CT molecular complexity index is 603. The van der Waals surface area contributed by atoms with Gasteiger partial charge in [-0.3, -0.25) is 14.9 Å². The molecule has 1 unspecified atom stereocenters. The highest BCUT2D eigenvalue weighted by atomic mass is 19.4. The number of nitro groups is 1. The number of alkyl halides is 3. The highest BCUT2D eigenvalue weighted by Gasteiger charge is 2.35. The van der Waals surface area contributed by atoms with Gasteiger partial charge >= 0.3 is 6.18 Å². The Labute approximate surface area is 123 Å². The molecule has 120 valence electrons. The van der Waals surface area contributed by atoms with Crippen LogP contribution in [0.2, 0.25) is 0 Å². The van der Waals surface area contributed by atoms with E-state index < -0.39 is 39.9 Å². The zero-order valence-corrected chi connectivity index (χ0v) is 11.3. The van der Waals surface area contributed by atoms with Crippen LogP contribution in [0.1, 0.15) is 28.8 Å². The van der Waals surface area contributed by atoms with Crippen molar-refractivity contribution >= 4 is 11.6 Å². The maximum absolute atomic E-state index is 12.6. The second-order valence-corrected chi connectivity index (χ2v) is 5.03. The van der Waals surface area contributed by atoms with E-state index in [4.69, 9.17) is 0 Å². The Kier molecular flexibility index (Phi) is 4.36. The van der Waals surface area contributed by atoms with E-state index in [1.165, 1.54) is 4.90 Å². The number of benzene rings is 1. The van der Waals surface area contributed by atoms with Gasteiger partial charge in [0, 0.05) is 19.2 Å². The van der Waals surface area contributed by atoms with Crippen LogP contribution in [-0.4, -0.2) is 40.0 Å². The third kappa shape index (κ3) is 3.35. The first-order valence-corrected chi connectivity index (χ1v) is 6.53. The molecule has 9 heteroatoms. The first kappa shape index (κ1) is 16.2. The van der Waals surface area contributed by atoms with E-state index in [-0.39, 0.29) is 6.54 Å². The van der Waals surface area contributed by atoms with Gasteiger partial charge in [-0.2, -0.15) is 13.2 Å². The zero-order valence-electron chi connectivity index (χ0n) is 11.3. The lowest BCUT2D eigenvalue weighted by Crippen LogP contribution is -2.42. The van der Waals surface area contributed by atoms with E-state index in [1.807, 2.05) is 0 Å². The number of aliphatic hydroxyl groups excluding tert-OH is 1. The second-order valence-electron chi connectivity index (χ2n) is 5.03. The first-order chi connectivity index (χ1) is 10.2. The lowest BCUT2D eigenvalue weighted by Gasteiger charge is -2.30. The van der Waals surface area contributed by atoms with Crippen LogP contribution in [0.3, 0.4) is 0 Å². The lowest BCUT2D eigenvalue weighted by atomic mass is 10.0. The van der Waals surface area contributed by atoms with Gasteiger partial charge in [-0.05, 0) is 25.0 Å². The number of halogens is 3. The summed E-state index contributed by atoms with van der Waals surface area (Å²) in [7, 11) is 0. The van der Waals surface area contributed by atoms with Gasteiger partial charge in [-0.15, -0.1) is 0 Å². The monoisotopic (exact) mass is 318 g/mol. The highest BCUT2D eigenvalue weighted by molar-refractivity contribution is 5.98. The van der Waals surface area contributed by atoms with Gasteiger partial charge in [-0.25, -0.2) is 0 Å². The Morgan fingerprint density at radius 1 is 1.41 bits per heavy atom. The number of carbonyl (C=O) groups is 1. The smallest absolute Gasteiger partial charge is 0.391 e. The number of amides is 1. The molecule has 1 aliphatic heterocycles. The number of nitro benzene ring substituents is 1. The summed E-state index contributed by atoms with van der Waals surface area (Å²) in [6.07, 6.45) is -4.42. The van der Waals surface area contributed by atoms with Crippen molar-refractivity contribution in [1.82, 2.24) is 4.90 Å². The summed E-state index contributed by atoms with van der Waals surface area (Å²) in [4.78, 5) is 23.4. The zero-order chi connectivity index (χ0) is 16.5. The quantitative estimate of drug-likeness (QED) is 0.669. The fourth-order valence-electron chi connectivity index (χ4n) is 2.35. The average Bonchev–Trinajstić information content (AvgIpc) is 2.44. The van der Waals surface area contributed by atoms with Crippen LogP contribution in [0.4, 0.5) is 18.9 Å². The molecule has 0 bridgehead atoms. The largest absolute Gasteiger partial charge is 0.416 e. The molecule has 2 rings (SSSR count). The molecule has 6 nitrogen and oxygen atoms in total. The molecule has 0 aromatic heterocycles. The summed E-state index contributed by atoms with van der Waals surface area (Å²) in [6.45, 7) is 0.311. The molecule has 1 N–H and O–H groups in total. The molecule has 0 saturated carbocycles. The Hall–Kier alpha value is -2.16. The Balaban J connectivity index is 2.37. The fraction of sp³-hybridized carbons (Fsp3) is 0.462. The minimum absolute atomic E-state index is 0.0109. The third-order valence-electron chi connectivity index (χ3n) is 3.44. The maximum Gasteiger partial charge on any atom is 0.416 e. The molecule has 0 aliphatic carbocycles. The predicted octanol–water partition coefficient (Wildman–Crippen LogP) is 2.21. The Morgan fingerprint density at radius 3 is 2.64 bits per heavy atom. The number of piperidine rings is 1. The summed E-state index contributed by atoms with van der Waals surface area (Å²) in [6, 6.07) is 1.80. The van der Waals surface area contributed by atoms with E-state index in [2.05, 4.69) is 0 Å². The third-order valence-corrected chi connectivity index (χ3v) is 3.44. The van der Waals surface area contributed by atoms with Gasteiger partial charge in [0.15, 0.2) is 0 Å². The van der Waals surface area contributed by atoms with Crippen molar-refractivity contribution in [1.29, 1.82) is 0 Å². The fourth-order valence-corrected chi connectivity index (χ4v) is 2.35. The highest BCUT2D eigenvalue weighted by Crippen LogP contribution is 2.33. The molecule has 1 heterocycles. The normalized spacial score (nSPS) is 19.1. The van der Waals surface area contributed by atoms with Gasteiger partial charge in [-0.1, -0.05) is 0 Å². The van der Waals surface area contributed by atoms with E-state index in [0.29, 0.717) is 31.5 Å². The van der Waals surface area contributed by atoms with Gasteiger partial charge in [0.2, 0.25) is 0 Å². The van der Waals surface area contributed by atoms with Crippen LogP contribution >= 0.6 is 0 Å². The van der Waals surface area contributed by atoms with Crippen molar-refractivity contribution in [2.75, 3.05) is 13.1 Å². The number of β-amino-alcohol motifs (C(OH)–C–C–N with tert-alkyl or cyclic N) is 1. The predicted molar refractivity (Wildman–Crippen MR) is 69.2 cm³/mol.